The van der Waals surface area contributed by atoms with E-state index in [1.165, 1.54) is 0 Å². The molecule has 25 heavy (non-hydrogen) atoms. The van der Waals surface area contributed by atoms with Gasteiger partial charge in [-0.1, -0.05) is 12.1 Å². The molecule has 1 saturated heterocycles. The second-order valence-corrected chi connectivity index (χ2v) is 6.59. The number of amides is 1. The predicted octanol–water partition coefficient (Wildman–Crippen LogP) is 1.44. The normalized spacial score (nSPS) is 18.0. The zero-order valence-corrected chi connectivity index (χ0v) is 15.0. The van der Waals surface area contributed by atoms with Crippen molar-refractivity contribution in [3.05, 3.63) is 47.2 Å². The van der Waals surface area contributed by atoms with Crippen LogP contribution >= 0.6 is 0 Å². The number of rotatable bonds is 6. The van der Waals surface area contributed by atoms with Crippen LogP contribution in [0.25, 0.3) is 0 Å². The number of hydrogen-bond acceptors (Lipinski definition) is 6. The van der Waals surface area contributed by atoms with Crippen molar-refractivity contribution in [1.82, 2.24) is 25.3 Å². The molecule has 1 aromatic carbocycles. The highest BCUT2D eigenvalue weighted by Crippen LogP contribution is 2.19. The molecule has 1 N–H and O–H groups in total. The molecule has 1 atom stereocenters. The minimum Gasteiger partial charge on any atom is -0.424 e. The van der Waals surface area contributed by atoms with E-state index in [1.807, 2.05) is 18.2 Å². The molecular formula is C18H25N5O2. The molecule has 1 aromatic heterocycles. The zero-order chi connectivity index (χ0) is 17.8. The molecule has 1 aliphatic heterocycles. The summed E-state index contributed by atoms with van der Waals surface area (Å²) in [7, 11) is 3.75. The van der Waals surface area contributed by atoms with Crippen LogP contribution in [0.15, 0.2) is 28.7 Å². The quantitative estimate of drug-likeness (QED) is 0.856. The van der Waals surface area contributed by atoms with Crippen molar-refractivity contribution in [2.24, 2.45) is 0 Å². The van der Waals surface area contributed by atoms with E-state index in [0.29, 0.717) is 29.9 Å². The summed E-state index contributed by atoms with van der Waals surface area (Å²) >= 11 is 0. The fraction of sp³-hybridized carbons (Fsp3) is 0.500. The number of carbonyl (C=O) groups is 1. The number of carbonyl (C=O) groups excluding carboxylic acids is 1. The summed E-state index contributed by atoms with van der Waals surface area (Å²) in [6, 6.07) is 8.29. The van der Waals surface area contributed by atoms with Crippen LogP contribution in [0.1, 0.15) is 34.1 Å². The van der Waals surface area contributed by atoms with E-state index in [9.17, 15) is 4.79 Å². The molecule has 2 heterocycles. The summed E-state index contributed by atoms with van der Waals surface area (Å²) in [5, 5.41) is 10.6. The van der Waals surface area contributed by atoms with Gasteiger partial charge in [0.1, 0.15) is 0 Å². The molecule has 134 valence electrons. The van der Waals surface area contributed by atoms with E-state index in [-0.39, 0.29) is 5.91 Å². The van der Waals surface area contributed by atoms with Crippen LogP contribution in [-0.2, 0) is 13.1 Å². The maximum atomic E-state index is 11.8. The molecule has 3 rings (SSSR count). The highest BCUT2D eigenvalue weighted by Gasteiger charge is 2.26. The number of nitrogens with zero attached hydrogens (tertiary/aromatic N) is 4. The first kappa shape index (κ1) is 17.6. The first-order chi connectivity index (χ1) is 12.0. The van der Waals surface area contributed by atoms with Crippen LogP contribution in [0.5, 0.6) is 0 Å². The van der Waals surface area contributed by atoms with E-state index in [2.05, 4.69) is 38.4 Å². The van der Waals surface area contributed by atoms with Crippen molar-refractivity contribution in [3.63, 3.8) is 0 Å². The summed E-state index contributed by atoms with van der Waals surface area (Å²) in [5.74, 6) is 1.22. The Kier molecular flexibility index (Phi) is 5.45. The number of likely N-dealkylation sites (N-methyl/N-ethyl adjacent to an activating group) is 1. The lowest BCUT2D eigenvalue weighted by Gasteiger charge is -2.23. The minimum absolute atomic E-state index is 0.0456. The molecule has 1 amide bonds. The van der Waals surface area contributed by atoms with E-state index < -0.39 is 0 Å². The molecule has 0 bridgehead atoms. The monoisotopic (exact) mass is 343 g/mol. The summed E-state index contributed by atoms with van der Waals surface area (Å²) < 4.78 is 5.47. The average Bonchev–Trinajstić information content (AvgIpc) is 3.23. The minimum atomic E-state index is -0.0456. The molecule has 0 aliphatic carbocycles. The molecular weight excluding hydrogens is 318 g/mol. The third-order valence-electron chi connectivity index (χ3n) is 4.65. The SMILES string of the molecule is CNC(=O)c1cccc(CN2CC[C@H](N(C)Cc3nnc(C)o3)C2)c1. The highest BCUT2D eigenvalue weighted by molar-refractivity contribution is 5.94. The first-order valence-corrected chi connectivity index (χ1v) is 8.57. The van der Waals surface area contributed by atoms with Gasteiger partial charge in [-0.15, -0.1) is 10.2 Å². The fourth-order valence-corrected chi connectivity index (χ4v) is 3.27. The van der Waals surface area contributed by atoms with Crippen molar-refractivity contribution in [1.29, 1.82) is 0 Å². The summed E-state index contributed by atoms with van der Waals surface area (Å²) in [6.45, 7) is 5.37. The molecule has 1 fully saturated rings. The van der Waals surface area contributed by atoms with Crippen molar-refractivity contribution in [3.8, 4) is 0 Å². The Morgan fingerprint density at radius 2 is 2.28 bits per heavy atom. The third-order valence-corrected chi connectivity index (χ3v) is 4.65. The maximum absolute atomic E-state index is 11.8. The first-order valence-electron chi connectivity index (χ1n) is 8.57. The summed E-state index contributed by atoms with van der Waals surface area (Å²) in [5.41, 5.74) is 1.87. The maximum Gasteiger partial charge on any atom is 0.251 e. The number of nitrogens with one attached hydrogen (secondary N) is 1. The van der Waals surface area contributed by atoms with Gasteiger partial charge in [0.25, 0.3) is 5.91 Å². The lowest BCUT2D eigenvalue weighted by Crippen LogP contribution is -2.34. The predicted molar refractivity (Wildman–Crippen MR) is 94.0 cm³/mol. The third kappa shape index (κ3) is 4.43. The lowest BCUT2D eigenvalue weighted by molar-refractivity contribution is 0.0963. The van der Waals surface area contributed by atoms with Gasteiger partial charge in [-0.05, 0) is 31.2 Å². The van der Waals surface area contributed by atoms with Crippen LogP contribution in [-0.4, -0.2) is 59.1 Å². The Morgan fingerprint density at radius 3 is 3.00 bits per heavy atom. The van der Waals surface area contributed by atoms with Gasteiger partial charge in [-0.2, -0.15) is 0 Å². The van der Waals surface area contributed by atoms with Crippen LogP contribution in [0.4, 0.5) is 0 Å². The average molecular weight is 343 g/mol. The van der Waals surface area contributed by atoms with Crippen LogP contribution in [0, 0.1) is 6.92 Å². The largest absolute Gasteiger partial charge is 0.424 e. The summed E-state index contributed by atoms with van der Waals surface area (Å²) in [4.78, 5) is 16.5. The molecule has 0 unspecified atom stereocenters. The van der Waals surface area contributed by atoms with Gasteiger partial charge in [0.15, 0.2) is 0 Å². The number of benzene rings is 1. The molecule has 7 nitrogen and oxygen atoms in total. The number of aryl methyl sites for hydroxylation is 1. The van der Waals surface area contributed by atoms with Gasteiger partial charge < -0.3 is 9.73 Å². The van der Waals surface area contributed by atoms with Crippen LogP contribution in [0.2, 0.25) is 0 Å². The molecule has 0 spiro atoms. The Morgan fingerprint density at radius 1 is 1.44 bits per heavy atom. The fourth-order valence-electron chi connectivity index (χ4n) is 3.27. The Hall–Kier alpha value is -2.25. The smallest absolute Gasteiger partial charge is 0.251 e. The molecule has 2 aromatic rings. The molecule has 0 saturated carbocycles. The second-order valence-electron chi connectivity index (χ2n) is 6.59. The highest BCUT2D eigenvalue weighted by atomic mass is 16.4. The van der Waals surface area contributed by atoms with Gasteiger partial charge in [0.2, 0.25) is 11.8 Å². The molecule has 0 radical (unpaired) electrons. The van der Waals surface area contributed by atoms with E-state index in [1.54, 1.807) is 14.0 Å². The van der Waals surface area contributed by atoms with Crippen molar-refractivity contribution in [2.45, 2.75) is 32.5 Å². The van der Waals surface area contributed by atoms with E-state index in [0.717, 1.165) is 31.6 Å². The van der Waals surface area contributed by atoms with E-state index >= 15 is 0 Å². The number of aromatic nitrogens is 2. The van der Waals surface area contributed by atoms with Crippen LogP contribution < -0.4 is 5.32 Å². The number of likely N-dealkylation sites (tertiary alicyclic amines) is 1. The Balaban J connectivity index is 1.55. The van der Waals surface area contributed by atoms with Gasteiger partial charge in [0.05, 0.1) is 6.54 Å². The number of hydrogen-bond donors (Lipinski definition) is 1. The van der Waals surface area contributed by atoms with Gasteiger partial charge in [-0.3, -0.25) is 14.6 Å². The Bertz CT molecular complexity index is 730. The standard InChI is InChI=1S/C18H25N5O2/c1-13-20-21-17(25-13)12-22(3)16-7-8-23(11-16)10-14-5-4-6-15(9-14)18(24)19-2/h4-6,9,16H,7-8,10-12H2,1-3H3,(H,19,24)/t16-/m0/s1. The van der Waals surface area contributed by atoms with Crippen molar-refractivity contribution >= 4 is 5.91 Å². The van der Waals surface area contributed by atoms with Crippen molar-refractivity contribution < 1.29 is 9.21 Å². The molecule has 1 aliphatic rings. The topological polar surface area (TPSA) is 74.5 Å². The van der Waals surface area contributed by atoms with Gasteiger partial charge in [-0.25, -0.2) is 0 Å². The zero-order valence-electron chi connectivity index (χ0n) is 15.0. The summed E-state index contributed by atoms with van der Waals surface area (Å²) in [6.07, 6.45) is 1.11. The molecule has 7 heteroatoms. The van der Waals surface area contributed by atoms with Crippen LogP contribution in [0.3, 0.4) is 0 Å². The second kappa shape index (κ2) is 7.76. The van der Waals surface area contributed by atoms with E-state index in [4.69, 9.17) is 4.42 Å². The van der Waals surface area contributed by atoms with Gasteiger partial charge in [0, 0.05) is 45.2 Å². The lowest BCUT2D eigenvalue weighted by atomic mass is 10.1. The van der Waals surface area contributed by atoms with Gasteiger partial charge >= 0.3 is 0 Å². The van der Waals surface area contributed by atoms with Crippen molar-refractivity contribution in [2.75, 3.05) is 27.2 Å². The Labute approximate surface area is 148 Å².